The van der Waals surface area contributed by atoms with Gasteiger partial charge in [0, 0.05) is 37.8 Å². The van der Waals surface area contributed by atoms with Crippen LogP contribution in [0.1, 0.15) is 22.9 Å². The summed E-state index contributed by atoms with van der Waals surface area (Å²) in [5.41, 5.74) is 1.99. The fraction of sp³-hybridized carbons (Fsp3) is 0.318. The summed E-state index contributed by atoms with van der Waals surface area (Å²) in [6.45, 7) is 1.03. The maximum atomic E-state index is 12.6. The maximum Gasteiger partial charge on any atom is 0.260 e. The number of carbonyl (C=O) groups is 1. The van der Waals surface area contributed by atoms with E-state index in [0.29, 0.717) is 43.3 Å². The Morgan fingerprint density at radius 3 is 2.93 bits per heavy atom. The highest BCUT2D eigenvalue weighted by Crippen LogP contribution is 2.22. The Labute approximate surface area is 169 Å². The molecule has 4 rings (SSSR count). The summed E-state index contributed by atoms with van der Waals surface area (Å²) in [7, 11) is 1.60. The number of fused-ring (bicyclic) bond motifs is 1. The Morgan fingerprint density at radius 1 is 1.21 bits per heavy atom. The minimum absolute atomic E-state index is 0.0196. The van der Waals surface area contributed by atoms with E-state index in [1.54, 1.807) is 30.3 Å². The van der Waals surface area contributed by atoms with Crippen molar-refractivity contribution in [3.63, 3.8) is 0 Å². The largest absolute Gasteiger partial charge is 0.497 e. The molecule has 0 bridgehead atoms. The molecule has 1 aromatic carbocycles. The summed E-state index contributed by atoms with van der Waals surface area (Å²) in [6.07, 6.45) is 5.82. The van der Waals surface area contributed by atoms with E-state index < -0.39 is 0 Å². The molecule has 3 aromatic rings. The number of rotatable bonds is 7. The van der Waals surface area contributed by atoms with Crippen LogP contribution in [0.4, 0.5) is 0 Å². The second kappa shape index (κ2) is 8.77. The molecular weight excluding hydrogens is 370 g/mol. The van der Waals surface area contributed by atoms with Gasteiger partial charge in [-0.1, -0.05) is 12.1 Å². The van der Waals surface area contributed by atoms with Gasteiger partial charge in [0.2, 0.25) is 0 Å². The molecule has 0 aliphatic carbocycles. The fourth-order valence-corrected chi connectivity index (χ4v) is 3.30. The van der Waals surface area contributed by atoms with Gasteiger partial charge < -0.3 is 18.8 Å². The summed E-state index contributed by atoms with van der Waals surface area (Å²) in [5, 5.41) is 0. The predicted molar refractivity (Wildman–Crippen MR) is 106 cm³/mol. The number of nitrogens with zero attached hydrogens (tertiary/aromatic N) is 3. The van der Waals surface area contributed by atoms with Crippen LogP contribution in [0.2, 0.25) is 0 Å². The Hall–Kier alpha value is -3.35. The van der Waals surface area contributed by atoms with Crippen molar-refractivity contribution in [2.24, 2.45) is 0 Å². The minimum Gasteiger partial charge on any atom is -0.497 e. The summed E-state index contributed by atoms with van der Waals surface area (Å²) >= 11 is 0. The summed E-state index contributed by atoms with van der Waals surface area (Å²) in [4.78, 5) is 23.0. The molecule has 1 aliphatic rings. The van der Waals surface area contributed by atoms with Gasteiger partial charge in [0.25, 0.3) is 5.91 Å². The third-order valence-electron chi connectivity index (χ3n) is 4.88. The van der Waals surface area contributed by atoms with Gasteiger partial charge in [-0.05, 0) is 30.2 Å². The van der Waals surface area contributed by atoms with Gasteiger partial charge in [0.05, 0.1) is 13.7 Å². The zero-order valence-corrected chi connectivity index (χ0v) is 16.3. The quantitative estimate of drug-likeness (QED) is 0.614. The predicted octanol–water partition coefficient (Wildman–Crippen LogP) is 2.83. The van der Waals surface area contributed by atoms with Gasteiger partial charge in [-0.15, -0.1) is 0 Å². The molecule has 29 heavy (non-hydrogen) atoms. The lowest BCUT2D eigenvalue weighted by molar-refractivity contribution is -0.134. The van der Waals surface area contributed by atoms with Crippen LogP contribution in [0.25, 0.3) is 0 Å². The third kappa shape index (κ3) is 4.74. The Bertz CT molecular complexity index is 971. The zero-order chi connectivity index (χ0) is 20.1. The highest BCUT2D eigenvalue weighted by Gasteiger charge is 2.25. The molecule has 0 N–H and O–H groups in total. The third-order valence-corrected chi connectivity index (χ3v) is 4.88. The van der Waals surface area contributed by atoms with Crippen LogP contribution < -0.4 is 9.47 Å². The lowest BCUT2D eigenvalue weighted by atomic mass is 10.1. The van der Waals surface area contributed by atoms with Crippen LogP contribution in [-0.4, -0.2) is 41.0 Å². The molecule has 1 aliphatic heterocycles. The first kappa shape index (κ1) is 19.0. The Balaban J connectivity index is 1.32. The van der Waals surface area contributed by atoms with Gasteiger partial charge in [0.1, 0.15) is 23.0 Å². The van der Waals surface area contributed by atoms with E-state index in [1.165, 1.54) is 0 Å². The molecule has 0 saturated carbocycles. The highest BCUT2D eigenvalue weighted by atomic mass is 16.5. The topological polar surface area (TPSA) is 77.7 Å². The smallest absolute Gasteiger partial charge is 0.260 e. The van der Waals surface area contributed by atoms with Crippen LogP contribution in [0.5, 0.6) is 11.5 Å². The molecule has 0 fully saturated rings. The van der Waals surface area contributed by atoms with Gasteiger partial charge in [-0.25, -0.2) is 4.98 Å². The number of benzene rings is 1. The number of aryl methyl sites for hydroxylation is 2. The van der Waals surface area contributed by atoms with Crippen LogP contribution in [0.3, 0.4) is 0 Å². The number of methoxy groups -OCH3 is 1. The molecule has 3 heterocycles. The van der Waals surface area contributed by atoms with E-state index in [-0.39, 0.29) is 12.5 Å². The average molecular weight is 393 g/mol. The monoisotopic (exact) mass is 393 g/mol. The first-order valence-electron chi connectivity index (χ1n) is 9.62. The molecule has 7 heteroatoms. The molecule has 7 nitrogen and oxygen atoms in total. The summed E-state index contributed by atoms with van der Waals surface area (Å²) in [5.74, 6) is 2.82. The first-order chi connectivity index (χ1) is 14.2. The molecule has 1 amide bonds. The number of hydrogen-bond donors (Lipinski definition) is 0. The molecule has 0 radical (unpaired) electrons. The fourth-order valence-electron chi connectivity index (χ4n) is 3.30. The van der Waals surface area contributed by atoms with Crippen molar-refractivity contribution >= 4 is 5.91 Å². The maximum absolute atomic E-state index is 12.6. The number of ether oxygens (including phenoxy) is 2. The standard InChI is InChI=1S/C22H23N3O4/c1-27-17-5-2-6-18(12-17)28-15-22(26)25-11-9-20-19(14-25)24-21(29-20)8-7-16-4-3-10-23-13-16/h2-6,10,12-13H,7-9,11,14-15H2,1H3. The Morgan fingerprint density at radius 2 is 2.10 bits per heavy atom. The van der Waals surface area contributed by atoms with E-state index in [2.05, 4.69) is 9.97 Å². The number of hydrogen-bond acceptors (Lipinski definition) is 6. The molecule has 0 atom stereocenters. The number of pyridine rings is 1. The molecule has 2 aromatic heterocycles. The van der Waals surface area contributed by atoms with Crippen molar-refractivity contribution < 1.29 is 18.7 Å². The van der Waals surface area contributed by atoms with Gasteiger partial charge >= 0.3 is 0 Å². The minimum atomic E-state index is -0.0709. The van der Waals surface area contributed by atoms with Crippen LogP contribution in [0, 0.1) is 0 Å². The summed E-state index contributed by atoms with van der Waals surface area (Å²) < 4.78 is 16.7. The van der Waals surface area contributed by atoms with E-state index in [1.807, 2.05) is 30.5 Å². The van der Waals surface area contributed by atoms with Gasteiger partial charge in [-0.3, -0.25) is 9.78 Å². The number of carbonyl (C=O) groups excluding carboxylic acids is 1. The highest BCUT2D eigenvalue weighted by molar-refractivity contribution is 5.78. The molecule has 0 spiro atoms. The summed E-state index contributed by atoms with van der Waals surface area (Å²) in [6, 6.07) is 11.2. The Kier molecular flexibility index (Phi) is 5.74. The lowest BCUT2D eigenvalue weighted by Gasteiger charge is -2.25. The molecule has 0 saturated heterocycles. The van der Waals surface area contributed by atoms with E-state index >= 15 is 0 Å². The van der Waals surface area contributed by atoms with E-state index in [0.717, 1.165) is 23.4 Å². The van der Waals surface area contributed by atoms with Gasteiger partial charge in [0.15, 0.2) is 12.5 Å². The van der Waals surface area contributed by atoms with Crippen molar-refractivity contribution in [3.05, 3.63) is 71.7 Å². The van der Waals surface area contributed by atoms with Crippen molar-refractivity contribution in [2.45, 2.75) is 25.8 Å². The molecule has 150 valence electrons. The second-order valence-electron chi connectivity index (χ2n) is 6.87. The second-order valence-corrected chi connectivity index (χ2v) is 6.87. The zero-order valence-electron chi connectivity index (χ0n) is 16.3. The number of amides is 1. The van der Waals surface area contributed by atoms with E-state index in [9.17, 15) is 4.79 Å². The normalized spacial score (nSPS) is 13.1. The van der Waals surface area contributed by atoms with Crippen molar-refractivity contribution in [1.29, 1.82) is 0 Å². The van der Waals surface area contributed by atoms with Crippen LogP contribution >= 0.6 is 0 Å². The van der Waals surface area contributed by atoms with Crippen LogP contribution in [-0.2, 0) is 30.6 Å². The SMILES string of the molecule is COc1cccc(OCC(=O)N2CCc3oc(CCc4cccnc4)nc3C2)c1. The lowest BCUT2D eigenvalue weighted by Crippen LogP contribution is -2.38. The van der Waals surface area contributed by atoms with Crippen molar-refractivity contribution in [1.82, 2.24) is 14.9 Å². The van der Waals surface area contributed by atoms with E-state index in [4.69, 9.17) is 13.9 Å². The average Bonchev–Trinajstić information content (AvgIpc) is 3.19. The molecule has 0 unspecified atom stereocenters. The number of aromatic nitrogens is 2. The van der Waals surface area contributed by atoms with Crippen molar-refractivity contribution in [2.75, 3.05) is 20.3 Å². The number of oxazole rings is 1. The van der Waals surface area contributed by atoms with Crippen molar-refractivity contribution in [3.8, 4) is 11.5 Å². The van der Waals surface area contributed by atoms with Crippen LogP contribution in [0.15, 0.2) is 53.2 Å². The first-order valence-corrected chi connectivity index (χ1v) is 9.62. The molecular formula is C22H23N3O4. The van der Waals surface area contributed by atoms with Gasteiger partial charge in [-0.2, -0.15) is 0 Å².